The van der Waals surface area contributed by atoms with Gasteiger partial charge in [0, 0.05) is 55.3 Å². The molecule has 2 amide bonds. The van der Waals surface area contributed by atoms with E-state index in [1.807, 2.05) is 34.9 Å². The third-order valence-corrected chi connectivity index (χ3v) is 4.78. The number of aryl methyl sites for hydroxylation is 2. The fourth-order valence-electron chi connectivity index (χ4n) is 3.21. The zero-order valence-electron chi connectivity index (χ0n) is 14.0. The standard InChI is InChI=1S/C18H23N3O2/c1-12-13(2)19-17-6-5-15(11-16(12)17)18(23)21-8-4-7-20(9-10-21)14(3)22/h5-6,11,19H,4,7-10H2,1-3H3. The van der Waals surface area contributed by atoms with Crippen molar-refractivity contribution < 1.29 is 9.59 Å². The zero-order valence-corrected chi connectivity index (χ0v) is 14.0. The van der Waals surface area contributed by atoms with Gasteiger partial charge in [-0.1, -0.05) is 0 Å². The maximum Gasteiger partial charge on any atom is 0.253 e. The molecule has 3 rings (SSSR count). The van der Waals surface area contributed by atoms with Gasteiger partial charge in [-0.05, 0) is 44.0 Å². The van der Waals surface area contributed by atoms with Gasteiger partial charge in [-0.25, -0.2) is 0 Å². The Balaban J connectivity index is 1.82. The van der Waals surface area contributed by atoms with Gasteiger partial charge in [-0.2, -0.15) is 0 Å². The van der Waals surface area contributed by atoms with Crippen LogP contribution >= 0.6 is 0 Å². The van der Waals surface area contributed by atoms with Crippen LogP contribution in [-0.2, 0) is 4.79 Å². The molecule has 122 valence electrons. The van der Waals surface area contributed by atoms with Gasteiger partial charge in [0.2, 0.25) is 5.91 Å². The van der Waals surface area contributed by atoms with Crippen molar-refractivity contribution in [1.82, 2.24) is 14.8 Å². The number of hydrogen-bond donors (Lipinski definition) is 1. The highest BCUT2D eigenvalue weighted by atomic mass is 16.2. The van der Waals surface area contributed by atoms with Gasteiger partial charge in [-0.3, -0.25) is 9.59 Å². The molecular weight excluding hydrogens is 290 g/mol. The molecule has 0 saturated carbocycles. The van der Waals surface area contributed by atoms with Crippen molar-refractivity contribution in [3.8, 4) is 0 Å². The lowest BCUT2D eigenvalue weighted by Crippen LogP contribution is -2.36. The van der Waals surface area contributed by atoms with Crippen molar-refractivity contribution in [2.24, 2.45) is 0 Å². The third-order valence-electron chi connectivity index (χ3n) is 4.78. The molecule has 1 saturated heterocycles. The van der Waals surface area contributed by atoms with E-state index >= 15 is 0 Å². The first-order chi connectivity index (χ1) is 11.0. The Morgan fingerprint density at radius 2 is 1.74 bits per heavy atom. The molecule has 0 spiro atoms. The molecule has 0 bridgehead atoms. The van der Waals surface area contributed by atoms with Crippen LogP contribution in [0.15, 0.2) is 18.2 Å². The lowest BCUT2D eigenvalue weighted by molar-refractivity contribution is -0.128. The molecular formula is C18H23N3O2. The SMILES string of the molecule is CC(=O)N1CCCN(C(=O)c2ccc3[nH]c(C)c(C)c3c2)CC1. The van der Waals surface area contributed by atoms with Crippen molar-refractivity contribution in [3.63, 3.8) is 0 Å². The Kier molecular flexibility index (Phi) is 4.11. The highest BCUT2D eigenvalue weighted by Gasteiger charge is 2.21. The minimum absolute atomic E-state index is 0.0514. The quantitative estimate of drug-likeness (QED) is 0.879. The number of rotatable bonds is 1. The summed E-state index contributed by atoms with van der Waals surface area (Å²) in [6, 6.07) is 5.83. The van der Waals surface area contributed by atoms with Crippen LogP contribution in [0.1, 0.15) is 35.0 Å². The maximum absolute atomic E-state index is 12.8. The summed E-state index contributed by atoms with van der Waals surface area (Å²) in [5, 5.41) is 1.11. The summed E-state index contributed by atoms with van der Waals surface area (Å²) in [5.74, 6) is 0.134. The van der Waals surface area contributed by atoms with Crippen LogP contribution in [-0.4, -0.2) is 52.8 Å². The van der Waals surface area contributed by atoms with E-state index in [9.17, 15) is 9.59 Å². The van der Waals surface area contributed by atoms with E-state index in [0.29, 0.717) is 19.6 Å². The molecule has 0 aliphatic carbocycles. The molecule has 1 aliphatic rings. The van der Waals surface area contributed by atoms with Gasteiger partial charge in [-0.15, -0.1) is 0 Å². The van der Waals surface area contributed by atoms with E-state index in [1.165, 1.54) is 5.56 Å². The minimum atomic E-state index is 0.0514. The first-order valence-corrected chi connectivity index (χ1v) is 8.11. The Morgan fingerprint density at radius 1 is 1.04 bits per heavy atom. The zero-order chi connectivity index (χ0) is 16.6. The smallest absolute Gasteiger partial charge is 0.253 e. The average Bonchev–Trinajstić information content (AvgIpc) is 2.72. The van der Waals surface area contributed by atoms with E-state index in [1.54, 1.807) is 6.92 Å². The van der Waals surface area contributed by atoms with Gasteiger partial charge in [0.15, 0.2) is 0 Å². The number of carbonyl (C=O) groups excluding carboxylic acids is 2. The van der Waals surface area contributed by atoms with E-state index in [2.05, 4.69) is 11.9 Å². The topological polar surface area (TPSA) is 56.4 Å². The van der Waals surface area contributed by atoms with Crippen LogP contribution in [0.4, 0.5) is 0 Å². The summed E-state index contributed by atoms with van der Waals surface area (Å²) in [6.45, 7) is 8.34. The number of fused-ring (bicyclic) bond motifs is 1. The second kappa shape index (κ2) is 6.07. The highest BCUT2D eigenvalue weighted by molar-refractivity contribution is 5.99. The number of carbonyl (C=O) groups is 2. The molecule has 5 nitrogen and oxygen atoms in total. The average molecular weight is 313 g/mol. The molecule has 0 atom stereocenters. The van der Waals surface area contributed by atoms with E-state index in [0.717, 1.165) is 35.1 Å². The molecule has 1 N–H and O–H groups in total. The van der Waals surface area contributed by atoms with Crippen molar-refractivity contribution >= 4 is 22.7 Å². The Hall–Kier alpha value is -2.30. The summed E-state index contributed by atoms with van der Waals surface area (Å²) in [5.41, 5.74) is 4.11. The Morgan fingerprint density at radius 3 is 2.48 bits per heavy atom. The van der Waals surface area contributed by atoms with E-state index in [4.69, 9.17) is 0 Å². The number of amides is 2. The largest absolute Gasteiger partial charge is 0.358 e. The minimum Gasteiger partial charge on any atom is -0.358 e. The molecule has 2 aromatic rings. The molecule has 1 aromatic carbocycles. The van der Waals surface area contributed by atoms with Crippen LogP contribution < -0.4 is 0 Å². The number of H-pyrrole nitrogens is 1. The fourth-order valence-corrected chi connectivity index (χ4v) is 3.21. The number of aromatic nitrogens is 1. The molecule has 5 heteroatoms. The predicted molar refractivity (Wildman–Crippen MR) is 90.5 cm³/mol. The lowest BCUT2D eigenvalue weighted by atomic mass is 10.1. The summed E-state index contributed by atoms with van der Waals surface area (Å²) in [7, 11) is 0. The number of nitrogens with one attached hydrogen (secondary N) is 1. The van der Waals surface area contributed by atoms with Gasteiger partial charge in [0.05, 0.1) is 0 Å². The van der Waals surface area contributed by atoms with Crippen LogP contribution in [0.5, 0.6) is 0 Å². The van der Waals surface area contributed by atoms with E-state index in [-0.39, 0.29) is 11.8 Å². The van der Waals surface area contributed by atoms with Gasteiger partial charge >= 0.3 is 0 Å². The fraction of sp³-hybridized carbons (Fsp3) is 0.444. The van der Waals surface area contributed by atoms with Crippen molar-refractivity contribution in [3.05, 3.63) is 35.0 Å². The van der Waals surface area contributed by atoms with Crippen LogP contribution in [0.3, 0.4) is 0 Å². The lowest BCUT2D eigenvalue weighted by Gasteiger charge is -2.21. The molecule has 1 aliphatic heterocycles. The number of nitrogens with zero attached hydrogens (tertiary/aromatic N) is 2. The molecule has 1 aromatic heterocycles. The number of aromatic amines is 1. The molecule has 23 heavy (non-hydrogen) atoms. The predicted octanol–water partition coefficient (Wildman–Crippen LogP) is 2.48. The summed E-state index contributed by atoms with van der Waals surface area (Å²) in [4.78, 5) is 31.3. The van der Waals surface area contributed by atoms with Crippen LogP contribution in [0.2, 0.25) is 0 Å². The normalized spacial score (nSPS) is 15.8. The van der Waals surface area contributed by atoms with Gasteiger partial charge in [0.1, 0.15) is 0 Å². The van der Waals surface area contributed by atoms with Crippen molar-refractivity contribution in [1.29, 1.82) is 0 Å². The van der Waals surface area contributed by atoms with Crippen LogP contribution in [0, 0.1) is 13.8 Å². The number of benzene rings is 1. The summed E-state index contributed by atoms with van der Waals surface area (Å²) >= 11 is 0. The summed E-state index contributed by atoms with van der Waals surface area (Å²) < 4.78 is 0. The van der Waals surface area contributed by atoms with Crippen molar-refractivity contribution in [2.75, 3.05) is 26.2 Å². The van der Waals surface area contributed by atoms with Gasteiger partial charge < -0.3 is 14.8 Å². The van der Waals surface area contributed by atoms with Gasteiger partial charge in [0.25, 0.3) is 5.91 Å². The van der Waals surface area contributed by atoms with Crippen molar-refractivity contribution in [2.45, 2.75) is 27.2 Å². The number of hydrogen-bond acceptors (Lipinski definition) is 2. The van der Waals surface area contributed by atoms with Crippen LogP contribution in [0.25, 0.3) is 10.9 Å². The molecule has 0 unspecified atom stereocenters. The summed E-state index contributed by atoms with van der Waals surface area (Å²) in [6.07, 6.45) is 0.829. The molecule has 0 radical (unpaired) electrons. The highest BCUT2D eigenvalue weighted by Crippen LogP contribution is 2.23. The molecule has 1 fully saturated rings. The first-order valence-electron chi connectivity index (χ1n) is 8.11. The second-order valence-corrected chi connectivity index (χ2v) is 6.29. The monoisotopic (exact) mass is 313 g/mol. The molecule has 2 heterocycles. The third kappa shape index (κ3) is 2.96. The maximum atomic E-state index is 12.8. The van der Waals surface area contributed by atoms with E-state index < -0.39 is 0 Å². The second-order valence-electron chi connectivity index (χ2n) is 6.29. The Bertz CT molecular complexity index is 763. The Labute approximate surface area is 136 Å². The first kappa shape index (κ1) is 15.6.